The second-order valence-electron chi connectivity index (χ2n) is 6.68. The van der Waals surface area contributed by atoms with Crippen molar-refractivity contribution in [2.45, 2.75) is 39.7 Å². The number of carbonyl (C=O) groups is 2. The molecule has 1 N–H and O–H groups in total. The monoisotopic (exact) mass is 347 g/mol. The van der Waals surface area contributed by atoms with Gasteiger partial charge in [0.2, 0.25) is 0 Å². The van der Waals surface area contributed by atoms with Crippen LogP contribution in [0.3, 0.4) is 0 Å². The van der Waals surface area contributed by atoms with E-state index in [0.717, 1.165) is 0 Å². The van der Waals surface area contributed by atoms with Crippen LogP contribution in [0.4, 0.5) is 4.79 Å². The van der Waals surface area contributed by atoms with Crippen molar-refractivity contribution in [2.75, 3.05) is 19.6 Å². The zero-order chi connectivity index (χ0) is 18.4. The van der Waals surface area contributed by atoms with Gasteiger partial charge in [-0.1, -0.05) is 0 Å². The van der Waals surface area contributed by atoms with Crippen molar-refractivity contribution in [3.63, 3.8) is 0 Å². The number of amides is 2. The standard InChI is InChI=1S/C17H25N5O3/c1-5-21(16(24)25-17(2,3)4)10-6-9-18-15(23)13-7-8-14-20-19-12-22(14)11-13/h7-8,11-12H,5-6,9-10H2,1-4H3,(H,18,23). The van der Waals surface area contributed by atoms with Gasteiger partial charge < -0.3 is 15.0 Å². The number of nitrogens with zero attached hydrogens (tertiary/aromatic N) is 4. The van der Waals surface area contributed by atoms with Gasteiger partial charge in [-0.25, -0.2) is 4.79 Å². The molecule has 0 saturated carbocycles. The van der Waals surface area contributed by atoms with E-state index in [9.17, 15) is 9.59 Å². The Labute approximate surface area is 147 Å². The van der Waals surface area contributed by atoms with Gasteiger partial charge in [-0.3, -0.25) is 9.20 Å². The Morgan fingerprint density at radius 1 is 1.32 bits per heavy atom. The average molecular weight is 347 g/mol. The van der Waals surface area contributed by atoms with Crippen molar-refractivity contribution in [2.24, 2.45) is 0 Å². The highest BCUT2D eigenvalue weighted by Crippen LogP contribution is 2.10. The number of pyridine rings is 1. The largest absolute Gasteiger partial charge is 0.444 e. The lowest BCUT2D eigenvalue weighted by molar-refractivity contribution is 0.0259. The number of ether oxygens (including phenoxy) is 1. The molecule has 0 saturated heterocycles. The van der Waals surface area contributed by atoms with Crippen LogP contribution >= 0.6 is 0 Å². The molecule has 0 fully saturated rings. The first-order chi connectivity index (χ1) is 11.8. The first-order valence-corrected chi connectivity index (χ1v) is 8.35. The number of carbonyl (C=O) groups excluding carboxylic acids is 2. The Balaban J connectivity index is 1.79. The maximum absolute atomic E-state index is 12.2. The molecule has 2 heterocycles. The van der Waals surface area contributed by atoms with Gasteiger partial charge in [0.1, 0.15) is 11.9 Å². The molecular formula is C17H25N5O3. The molecule has 8 heteroatoms. The van der Waals surface area contributed by atoms with E-state index in [2.05, 4.69) is 15.5 Å². The molecule has 25 heavy (non-hydrogen) atoms. The molecule has 2 rings (SSSR count). The van der Waals surface area contributed by atoms with E-state index in [0.29, 0.717) is 37.3 Å². The van der Waals surface area contributed by atoms with Crippen molar-refractivity contribution >= 4 is 17.6 Å². The van der Waals surface area contributed by atoms with Crippen LogP contribution in [0.15, 0.2) is 24.7 Å². The number of aromatic nitrogens is 3. The summed E-state index contributed by atoms with van der Waals surface area (Å²) in [4.78, 5) is 25.8. The number of nitrogens with one attached hydrogen (secondary N) is 1. The molecule has 0 radical (unpaired) electrons. The summed E-state index contributed by atoms with van der Waals surface area (Å²) in [6.07, 6.45) is 3.54. The Morgan fingerprint density at radius 3 is 2.76 bits per heavy atom. The summed E-state index contributed by atoms with van der Waals surface area (Å²) >= 11 is 0. The van der Waals surface area contributed by atoms with Gasteiger partial charge in [0, 0.05) is 25.8 Å². The lowest BCUT2D eigenvalue weighted by Crippen LogP contribution is -2.38. The van der Waals surface area contributed by atoms with E-state index in [-0.39, 0.29) is 12.0 Å². The van der Waals surface area contributed by atoms with E-state index in [1.165, 1.54) is 0 Å². The SMILES string of the molecule is CCN(CCCNC(=O)c1ccc2nncn2c1)C(=O)OC(C)(C)C. The Kier molecular flexibility index (Phi) is 5.95. The second kappa shape index (κ2) is 7.96. The number of hydrogen-bond acceptors (Lipinski definition) is 5. The summed E-state index contributed by atoms with van der Waals surface area (Å²) in [5.74, 6) is -0.170. The van der Waals surface area contributed by atoms with Crippen LogP contribution in [-0.4, -0.2) is 56.7 Å². The minimum absolute atomic E-state index is 0.170. The van der Waals surface area contributed by atoms with Crippen LogP contribution in [0.25, 0.3) is 5.65 Å². The summed E-state index contributed by atoms with van der Waals surface area (Å²) in [6.45, 7) is 8.97. The fourth-order valence-electron chi connectivity index (χ4n) is 2.24. The van der Waals surface area contributed by atoms with Crippen LogP contribution in [0.5, 0.6) is 0 Å². The molecule has 0 atom stereocenters. The third kappa shape index (κ3) is 5.44. The lowest BCUT2D eigenvalue weighted by Gasteiger charge is -2.26. The Bertz CT molecular complexity index is 735. The smallest absolute Gasteiger partial charge is 0.410 e. The third-order valence-corrected chi connectivity index (χ3v) is 3.48. The van der Waals surface area contributed by atoms with Gasteiger partial charge in [0.15, 0.2) is 5.65 Å². The highest BCUT2D eigenvalue weighted by Gasteiger charge is 2.20. The van der Waals surface area contributed by atoms with Crippen molar-refractivity contribution in [1.29, 1.82) is 0 Å². The quantitative estimate of drug-likeness (QED) is 0.809. The van der Waals surface area contributed by atoms with Crippen LogP contribution < -0.4 is 5.32 Å². The molecule has 0 bridgehead atoms. The zero-order valence-corrected chi connectivity index (χ0v) is 15.2. The number of fused-ring (bicyclic) bond motifs is 1. The molecule has 136 valence electrons. The van der Waals surface area contributed by atoms with Gasteiger partial charge in [-0.2, -0.15) is 0 Å². The van der Waals surface area contributed by atoms with E-state index in [1.54, 1.807) is 34.0 Å². The molecule has 0 spiro atoms. The van der Waals surface area contributed by atoms with Gasteiger partial charge in [0.05, 0.1) is 5.56 Å². The van der Waals surface area contributed by atoms with Crippen LogP contribution in [-0.2, 0) is 4.74 Å². The minimum Gasteiger partial charge on any atom is -0.444 e. The molecule has 0 aliphatic rings. The summed E-state index contributed by atoms with van der Waals surface area (Å²) in [6, 6.07) is 3.45. The molecule has 2 amide bonds. The predicted molar refractivity (Wildman–Crippen MR) is 93.4 cm³/mol. The summed E-state index contributed by atoms with van der Waals surface area (Å²) < 4.78 is 7.05. The lowest BCUT2D eigenvalue weighted by atomic mass is 10.2. The predicted octanol–water partition coefficient (Wildman–Crippen LogP) is 2.11. The van der Waals surface area contributed by atoms with E-state index >= 15 is 0 Å². The van der Waals surface area contributed by atoms with E-state index in [1.807, 2.05) is 27.7 Å². The molecule has 0 aromatic carbocycles. The summed E-state index contributed by atoms with van der Waals surface area (Å²) in [5, 5.41) is 10.5. The maximum atomic E-state index is 12.2. The topological polar surface area (TPSA) is 88.8 Å². The van der Waals surface area contributed by atoms with Gasteiger partial charge >= 0.3 is 6.09 Å². The number of rotatable bonds is 6. The fraction of sp³-hybridized carbons (Fsp3) is 0.529. The number of hydrogen-bond donors (Lipinski definition) is 1. The first-order valence-electron chi connectivity index (χ1n) is 8.35. The molecular weight excluding hydrogens is 322 g/mol. The molecule has 2 aromatic rings. The van der Waals surface area contributed by atoms with Gasteiger partial charge in [-0.05, 0) is 46.2 Å². The van der Waals surface area contributed by atoms with Gasteiger partial charge in [0.25, 0.3) is 5.91 Å². The third-order valence-electron chi connectivity index (χ3n) is 3.48. The molecule has 2 aromatic heterocycles. The highest BCUT2D eigenvalue weighted by molar-refractivity contribution is 5.94. The van der Waals surface area contributed by atoms with E-state index < -0.39 is 5.60 Å². The van der Waals surface area contributed by atoms with Crippen LogP contribution in [0, 0.1) is 0 Å². The molecule has 0 aliphatic heterocycles. The van der Waals surface area contributed by atoms with Crippen molar-refractivity contribution < 1.29 is 14.3 Å². The normalized spacial score (nSPS) is 11.4. The summed E-state index contributed by atoms with van der Waals surface area (Å²) in [7, 11) is 0. The Morgan fingerprint density at radius 2 is 2.08 bits per heavy atom. The Hall–Kier alpha value is -2.64. The molecule has 0 unspecified atom stereocenters. The van der Waals surface area contributed by atoms with Crippen LogP contribution in [0.2, 0.25) is 0 Å². The van der Waals surface area contributed by atoms with Crippen LogP contribution in [0.1, 0.15) is 44.5 Å². The second-order valence-corrected chi connectivity index (χ2v) is 6.68. The first kappa shape index (κ1) is 18.7. The van der Waals surface area contributed by atoms with Gasteiger partial charge in [-0.15, -0.1) is 10.2 Å². The average Bonchev–Trinajstić information content (AvgIpc) is 3.00. The highest BCUT2D eigenvalue weighted by atomic mass is 16.6. The van der Waals surface area contributed by atoms with E-state index in [4.69, 9.17) is 4.74 Å². The fourth-order valence-corrected chi connectivity index (χ4v) is 2.24. The molecule has 0 aliphatic carbocycles. The summed E-state index contributed by atoms with van der Waals surface area (Å²) in [5.41, 5.74) is 0.707. The van der Waals surface area contributed by atoms with Crippen molar-refractivity contribution in [3.05, 3.63) is 30.2 Å². The minimum atomic E-state index is -0.514. The molecule has 8 nitrogen and oxygen atoms in total. The maximum Gasteiger partial charge on any atom is 0.410 e. The zero-order valence-electron chi connectivity index (χ0n) is 15.2. The van der Waals surface area contributed by atoms with Crippen molar-refractivity contribution in [1.82, 2.24) is 24.8 Å². The van der Waals surface area contributed by atoms with Crippen molar-refractivity contribution in [3.8, 4) is 0 Å².